The monoisotopic (exact) mass is 328 g/mol. The minimum atomic E-state index is -0.498. The first-order valence-electron chi connectivity index (χ1n) is 7.94. The number of hydrogen-bond donors (Lipinski definition) is 2. The second-order valence-corrected chi connectivity index (χ2v) is 5.97. The Kier molecular flexibility index (Phi) is 5.02. The molecule has 24 heavy (non-hydrogen) atoms. The molecule has 0 radical (unpaired) electrons. The summed E-state index contributed by atoms with van der Waals surface area (Å²) in [6.07, 6.45) is 1.71. The fourth-order valence-corrected chi connectivity index (χ4v) is 2.93. The van der Waals surface area contributed by atoms with E-state index in [4.69, 9.17) is 0 Å². The zero-order valence-electron chi connectivity index (χ0n) is 13.2. The van der Waals surface area contributed by atoms with Crippen molar-refractivity contribution >= 4 is 11.5 Å². The highest BCUT2D eigenvalue weighted by Gasteiger charge is 2.24. The fourth-order valence-electron chi connectivity index (χ4n) is 2.93. The highest BCUT2D eigenvalue weighted by atomic mass is 16.6. The van der Waals surface area contributed by atoms with E-state index in [1.165, 1.54) is 12.3 Å². The Balaban J connectivity index is 1.51. The summed E-state index contributed by atoms with van der Waals surface area (Å²) in [4.78, 5) is 16.5. The number of aromatic nitrogens is 1. The lowest BCUT2D eigenvalue weighted by molar-refractivity contribution is -0.385. The molecule has 0 aliphatic carbocycles. The summed E-state index contributed by atoms with van der Waals surface area (Å²) >= 11 is 0. The predicted octanol–water partition coefficient (Wildman–Crippen LogP) is 2.21. The van der Waals surface area contributed by atoms with Crippen molar-refractivity contribution in [3.63, 3.8) is 0 Å². The smallest absolute Gasteiger partial charge is 0.287 e. The molecule has 0 saturated carbocycles. The van der Waals surface area contributed by atoms with Crippen molar-refractivity contribution in [1.82, 2.24) is 9.88 Å². The Morgan fingerprint density at radius 3 is 2.79 bits per heavy atom. The fraction of sp³-hybridized carbons (Fsp3) is 0.353. The van der Waals surface area contributed by atoms with E-state index in [-0.39, 0.29) is 11.7 Å². The molecule has 0 unspecified atom stereocenters. The van der Waals surface area contributed by atoms with Crippen LogP contribution in [0.15, 0.2) is 48.7 Å². The van der Waals surface area contributed by atoms with E-state index in [1.807, 2.05) is 30.3 Å². The van der Waals surface area contributed by atoms with Gasteiger partial charge in [-0.05, 0) is 18.1 Å². The lowest BCUT2D eigenvalue weighted by Crippen LogP contribution is -2.30. The Bertz CT molecular complexity index is 678. The van der Waals surface area contributed by atoms with Crippen LogP contribution in [-0.2, 0) is 0 Å². The predicted molar refractivity (Wildman–Crippen MR) is 90.8 cm³/mol. The van der Waals surface area contributed by atoms with Crippen LogP contribution in [0.5, 0.6) is 0 Å². The van der Waals surface area contributed by atoms with Gasteiger partial charge in [-0.2, -0.15) is 0 Å². The number of nitro groups is 1. The SMILES string of the molecule is O=[N+]([O-])c1ccc(N[C@@H]2CCN(C[C@H](O)c3ccccc3)C2)nc1. The van der Waals surface area contributed by atoms with Crippen LogP contribution in [0.3, 0.4) is 0 Å². The number of pyridine rings is 1. The van der Waals surface area contributed by atoms with Gasteiger partial charge in [0.05, 0.1) is 11.0 Å². The summed E-state index contributed by atoms with van der Waals surface area (Å²) in [5.74, 6) is 0.635. The van der Waals surface area contributed by atoms with Crippen molar-refractivity contribution in [2.24, 2.45) is 0 Å². The zero-order chi connectivity index (χ0) is 16.9. The molecular formula is C17H20N4O3. The molecule has 0 spiro atoms. The standard InChI is InChI=1S/C17H20N4O3/c22-16(13-4-2-1-3-5-13)12-20-9-8-14(11-20)19-17-7-6-15(10-18-17)21(23)24/h1-7,10,14,16,22H,8-9,11-12H2,(H,18,19)/t14-,16+/m1/s1. The lowest BCUT2D eigenvalue weighted by Gasteiger charge is -2.20. The van der Waals surface area contributed by atoms with Crippen LogP contribution in [0.25, 0.3) is 0 Å². The Morgan fingerprint density at radius 1 is 1.33 bits per heavy atom. The zero-order valence-corrected chi connectivity index (χ0v) is 13.2. The van der Waals surface area contributed by atoms with Gasteiger partial charge in [-0.25, -0.2) is 4.98 Å². The molecule has 0 amide bonds. The molecule has 2 N–H and O–H groups in total. The Hall–Kier alpha value is -2.51. The van der Waals surface area contributed by atoms with Crippen molar-refractivity contribution in [2.45, 2.75) is 18.6 Å². The number of anilines is 1. The Labute approximate surface area is 140 Å². The average molecular weight is 328 g/mol. The molecule has 1 aliphatic heterocycles. The molecule has 7 heteroatoms. The van der Waals surface area contributed by atoms with Gasteiger partial charge in [0.2, 0.25) is 0 Å². The average Bonchev–Trinajstić information content (AvgIpc) is 3.03. The van der Waals surface area contributed by atoms with Crippen LogP contribution < -0.4 is 5.32 Å². The number of rotatable bonds is 6. The number of benzene rings is 1. The van der Waals surface area contributed by atoms with E-state index >= 15 is 0 Å². The number of aliphatic hydroxyl groups is 1. The summed E-state index contributed by atoms with van der Waals surface area (Å²) in [7, 11) is 0. The maximum Gasteiger partial charge on any atom is 0.287 e. The number of β-amino-alcohol motifs (C(OH)–C–C–N with tert-alkyl or cyclic N) is 1. The van der Waals surface area contributed by atoms with Crippen LogP contribution in [0.2, 0.25) is 0 Å². The largest absolute Gasteiger partial charge is 0.387 e. The summed E-state index contributed by atoms with van der Waals surface area (Å²) in [5.41, 5.74) is 0.908. The van der Waals surface area contributed by atoms with Crippen LogP contribution in [-0.4, -0.2) is 45.6 Å². The van der Waals surface area contributed by atoms with Crippen molar-refractivity contribution in [3.05, 3.63) is 64.3 Å². The third kappa shape index (κ3) is 4.06. The van der Waals surface area contributed by atoms with Crippen LogP contribution in [0.1, 0.15) is 18.1 Å². The maximum atomic E-state index is 10.6. The van der Waals surface area contributed by atoms with E-state index in [0.717, 1.165) is 25.1 Å². The lowest BCUT2D eigenvalue weighted by atomic mass is 10.1. The van der Waals surface area contributed by atoms with E-state index < -0.39 is 11.0 Å². The molecule has 2 atom stereocenters. The number of nitrogens with zero attached hydrogens (tertiary/aromatic N) is 3. The van der Waals surface area contributed by atoms with Gasteiger partial charge in [-0.3, -0.25) is 15.0 Å². The number of likely N-dealkylation sites (tertiary alicyclic amines) is 1. The molecule has 3 rings (SSSR count). The summed E-state index contributed by atoms with van der Waals surface area (Å²) in [5, 5.41) is 24.2. The number of hydrogen-bond acceptors (Lipinski definition) is 6. The van der Waals surface area contributed by atoms with Gasteiger partial charge in [-0.15, -0.1) is 0 Å². The second kappa shape index (κ2) is 7.37. The van der Waals surface area contributed by atoms with Crippen LogP contribution in [0, 0.1) is 10.1 Å². The molecule has 1 aromatic heterocycles. The molecule has 2 aromatic rings. The van der Waals surface area contributed by atoms with Gasteiger partial charge in [0.1, 0.15) is 12.0 Å². The second-order valence-electron chi connectivity index (χ2n) is 5.97. The first kappa shape index (κ1) is 16.4. The van der Waals surface area contributed by atoms with Crippen molar-refractivity contribution < 1.29 is 10.0 Å². The third-order valence-electron chi connectivity index (χ3n) is 4.20. The maximum absolute atomic E-state index is 10.6. The summed E-state index contributed by atoms with van der Waals surface area (Å²) in [6.45, 7) is 2.30. The molecule has 126 valence electrons. The normalized spacial score (nSPS) is 19.1. The van der Waals surface area contributed by atoms with Crippen molar-refractivity contribution in [3.8, 4) is 0 Å². The minimum Gasteiger partial charge on any atom is -0.387 e. The minimum absolute atomic E-state index is 0.0143. The van der Waals surface area contributed by atoms with Crippen LogP contribution >= 0.6 is 0 Å². The number of aliphatic hydroxyl groups excluding tert-OH is 1. The van der Waals surface area contributed by atoms with E-state index in [0.29, 0.717) is 12.4 Å². The molecule has 1 fully saturated rings. The van der Waals surface area contributed by atoms with Gasteiger partial charge in [0.15, 0.2) is 0 Å². The van der Waals surface area contributed by atoms with E-state index in [1.54, 1.807) is 6.07 Å². The van der Waals surface area contributed by atoms with Gasteiger partial charge in [-0.1, -0.05) is 30.3 Å². The molecule has 7 nitrogen and oxygen atoms in total. The quantitative estimate of drug-likeness (QED) is 0.624. The number of nitrogens with one attached hydrogen (secondary N) is 1. The highest BCUT2D eigenvalue weighted by Crippen LogP contribution is 2.20. The van der Waals surface area contributed by atoms with Gasteiger partial charge < -0.3 is 10.4 Å². The topological polar surface area (TPSA) is 91.5 Å². The Morgan fingerprint density at radius 2 is 2.12 bits per heavy atom. The van der Waals surface area contributed by atoms with Gasteiger partial charge in [0.25, 0.3) is 5.69 Å². The van der Waals surface area contributed by atoms with E-state index in [9.17, 15) is 15.2 Å². The van der Waals surface area contributed by atoms with Crippen molar-refractivity contribution in [2.75, 3.05) is 25.0 Å². The van der Waals surface area contributed by atoms with Gasteiger partial charge >= 0.3 is 0 Å². The molecule has 1 aromatic carbocycles. The first-order valence-corrected chi connectivity index (χ1v) is 7.94. The molecule has 2 heterocycles. The molecular weight excluding hydrogens is 308 g/mol. The first-order chi connectivity index (χ1) is 11.6. The third-order valence-corrected chi connectivity index (χ3v) is 4.20. The summed E-state index contributed by atoms with van der Waals surface area (Å²) in [6, 6.07) is 12.9. The molecule has 1 saturated heterocycles. The molecule has 1 aliphatic rings. The molecule has 0 bridgehead atoms. The van der Waals surface area contributed by atoms with E-state index in [2.05, 4.69) is 15.2 Å². The highest BCUT2D eigenvalue weighted by molar-refractivity contribution is 5.41. The van der Waals surface area contributed by atoms with Crippen molar-refractivity contribution in [1.29, 1.82) is 0 Å². The van der Waals surface area contributed by atoms with Gasteiger partial charge in [0, 0.05) is 31.7 Å². The summed E-state index contributed by atoms with van der Waals surface area (Å²) < 4.78 is 0. The van der Waals surface area contributed by atoms with Crippen LogP contribution in [0.4, 0.5) is 11.5 Å².